The summed E-state index contributed by atoms with van der Waals surface area (Å²) >= 11 is 0. The van der Waals surface area contributed by atoms with E-state index in [1.54, 1.807) is 6.07 Å². The zero-order valence-electron chi connectivity index (χ0n) is 17.1. The third-order valence-electron chi connectivity index (χ3n) is 5.72. The highest BCUT2D eigenvalue weighted by molar-refractivity contribution is 6.59. The minimum Gasteiger partial charge on any atom is -0.537 e. The molecule has 0 heterocycles. The Morgan fingerprint density at radius 3 is 1.66 bits per heavy atom. The first-order valence-electron chi connectivity index (χ1n) is 10.3. The fraction of sp³-hybridized carbons (Fsp3) is 0. The molecule has 5 aromatic carbocycles. The van der Waals surface area contributed by atoms with Crippen LogP contribution in [0.4, 0.5) is 0 Å². The molecule has 0 saturated heterocycles. The van der Waals surface area contributed by atoms with Gasteiger partial charge in [0.05, 0.1) is 0 Å². The van der Waals surface area contributed by atoms with Gasteiger partial charge >= 0.3 is 14.8 Å². The van der Waals surface area contributed by atoms with Crippen LogP contribution in [0.3, 0.4) is 0 Å². The third kappa shape index (κ3) is 3.55. The number of fused-ring (bicyclic) bond motifs is 2. The maximum atomic E-state index is 9.85. The van der Waals surface area contributed by atoms with Crippen molar-refractivity contribution in [1.29, 1.82) is 0 Å². The van der Waals surface area contributed by atoms with Gasteiger partial charge in [-0.25, -0.2) is 0 Å². The molecule has 0 fully saturated rings. The van der Waals surface area contributed by atoms with Crippen LogP contribution in [0.2, 0.25) is 0 Å². The van der Waals surface area contributed by atoms with Gasteiger partial charge in [0, 0.05) is 0 Å². The quantitative estimate of drug-likeness (QED) is 0.300. The van der Waals surface area contributed by atoms with Crippen molar-refractivity contribution in [2.24, 2.45) is 0 Å². The van der Waals surface area contributed by atoms with E-state index in [9.17, 15) is 15.1 Å². The summed E-state index contributed by atoms with van der Waals surface area (Å²) in [5, 5.41) is 32.8. The van der Waals surface area contributed by atoms with Crippen molar-refractivity contribution < 1.29 is 19.7 Å². The monoisotopic (exact) mass is 417 g/mol. The Morgan fingerprint density at radius 1 is 0.594 bits per heavy atom. The van der Waals surface area contributed by atoms with Crippen LogP contribution in [0.15, 0.2) is 97.1 Å². The Balaban J connectivity index is 1.99. The summed E-state index contributed by atoms with van der Waals surface area (Å²) in [5.74, 6) is 0.526. The van der Waals surface area contributed by atoms with Crippen molar-refractivity contribution in [2.45, 2.75) is 0 Å². The van der Waals surface area contributed by atoms with E-state index in [2.05, 4.69) is 12.1 Å². The van der Waals surface area contributed by atoms with Crippen LogP contribution in [0.5, 0.6) is 5.75 Å². The first-order valence-corrected chi connectivity index (χ1v) is 10.3. The molecule has 5 rings (SSSR count). The van der Waals surface area contributed by atoms with Crippen LogP contribution in [-0.4, -0.2) is 29.9 Å². The number of hydrogen-bond donors (Lipinski definition) is 3. The first kappa shape index (κ1) is 20.3. The molecule has 0 spiro atoms. The molecule has 0 saturated carbocycles. The Kier molecular flexibility index (Phi) is 5.41. The molecule has 32 heavy (non-hydrogen) atoms. The molecule has 4 nitrogen and oxygen atoms in total. The van der Waals surface area contributed by atoms with Crippen LogP contribution < -0.4 is 10.1 Å². The van der Waals surface area contributed by atoms with Crippen LogP contribution in [-0.2, 0) is 0 Å². The molecule has 153 valence electrons. The molecule has 0 aliphatic heterocycles. The van der Waals surface area contributed by atoms with E-state index in [0.717, 1.165) is 43.8 Å². The highest BCUT2D eigenvalue weighted by Crippen LogP contribution is 2.44. The van der Waals surface area contributed by atoms with E-state index in [4.69, 9.17) is 4.65 Å². The second-order valence-corrected chi connectivity index (χ2v) is 7.59. The largest absolute Gasteiger partial charge is 0.569 e. The summed E-state index contributed by atoms with van der Waals surface area (Å²) in [4.78, 5) is 0. The highest BCUT2D eigenvalue weighted by atomic mass is 16.5. The van der Waals surface area contributed by atoms with Crippen molar-refractivity contribution in [3.05, 3.63) is 97.1 Å². The summed E-state index contributed by atoms with van der Waals surface area (Å²) in [6.45, 7) is 0. The lowest BCUT2D eigenvalue weighted by atomic mass is 9.77. The van der Waals surface area contributed by atoms with Gasteiger partial charge in [0.15, 0.2) is 0 Å². The lowest BCUT2D eigenvalue weighted by Crippen LogP contribution is -2.29. The minimum atomic E-state index is -1.56. The van der Waals surface area contributed by atoms with Crippen LogP contribution >= 0.6 is 0 Å². The molecule has 0 aliphatic rings. The summed E-state index contributed by atoms with van der Waals surface area (Å²) < 4.78 is 5.28. The van der Waals surface area contributed by atoms with Gasteiger partial charge in [-0.2, -0.15) is 0 Å². The van der Waals surface area contributed by atoms with E-state index >= 15 is 0 Å². The molecule has 0 aromatic heterocycles. The molecule has 0 unspecified atom stereocenters. The van der Waals surface area contributed by atoms with Crippen molar-refractivity contribution in [1.82, 2.24) is 0 Å². The van der Waals surface area contributed by atoms with E-state index < -0.39 is 7.12 Å². The zero-order valence-corrected chi connectivity index (χ0v) is 17.1. The second kappa shape index (κ2) is 8.52. The predicted octanol–water partition coefficient (Wildman–Crippen LogP) is 3.91. The molecular weight excluding hydrogens is 398 g/mol. The number of benzene rings is 5. The maximum absolute atomic E-state index is 9.85. The summed E-state index contributed by atoms with van der Waals surface area (Å²) in [6.07, 6.45) is 0. The van der Waals surface area contributed by atoms with Gasteiger partial charge in [0.25, 0.3) is 0 Å². The first-order chi connectivity index (χ1) is 15.7. The average Bonchev–Trinajstić information content (AvgIpc) is 2.83. The Bertz CT molecular complexity index is 1400. The third-order valence-corrected chi connectivity index (χ3v) is 5.72. The zero-order chi connectivity index (χ0) is 22.1. The van der Waals surface area contributed by atoms with Gasteiger partial charge in [-0.3, -0.25) is 0 Å². The highest BCUT2D eigenvalue weighted by Gasteiger charge is 2.20. The fourth-order valence-corrected chi connectivity index (χ4v) is 4.35. The van der Waals surface area contributed by atoms with Gasteiger partial charge in [-0.15, -0.1) is 0 Å². The predicted molar refractivity (Wildman–Crippen MR) is 131 cm³/mol. The second-order valence-electron chi connectivity index (χ2n) is 7.59. The standard InChI is InChI=1S/C26H19B2O4/c29-27-32-20-12-14-22-24(16-20)26(18-9-5-2-6-10-18)21-13-11-19(28(30)31)15-23(21)25(22)17-7-3-1-4-8-17/h1-16,29-31H. The van der Waals surface area contributed by atoms with Crippen molar-refractivity contribution in [2.75, 3.05) is 0 Å². The molecule has 0 aliphatic carbocycles. The SMILES string of the molecule is O[B]Oc1ccc2c(-c3ccccc3)c3cc(B(O)O)ccc3c(-c3ccccc3)c2c1. The molecule has 0 atom stereocenters. The van der Waals surface area contributed by atoms with Gasteiger partial charge in [-0.1, -0.05) is 84.9 Å². The van der Waals surface area contributed by atoms with E-state index in [0.29, 0.717) is 18.9 Å². The summed E-state index contributed by atoms with van der Waals surface area (Å²) in [5.41, 5.74) is 4.50. The van der Waals surface area contributed by atoms with Crippen molar-refractivity contribution in [3.63, 3.8) is 0 Å². The number of rotatable bonds is 5. The molecule has 1 radical (unpaired) electrons. The molecule has 0 amide bonds. The normalized spacial score (nSPS) is 11.0. The molecule has 3 N–H and O–H groups in total. The molecule has 5 aromatic rings. The summed E-state index contributed by atoms with van der Waals surface area (Å²) in [7, 11) is -0.882. The Hall–Kier alpha value is -3.57. The van der Waals surface area contributed by atoms with Gasteiger partial charge in [-0.05, 0) is 61.4 Å². The van der Waals surface area contributed by atoms with E-state index in [1.807, 2.05) is 78.9 Å². The number of hydrogen-bond acceptors (Lipinski definition) is 4. The lowest BCUT2D eigenvalue weighted by Gasteiger charge is -2.19. The lowest BCUT2D eigenvalue weighted by molar-refractivity contribution is 0.426. The van der Waals surface area contributed by atoms with Gasteiger partial charge in [0.1, 0.15) is 5.75 Å². The fourth-order valence-electron chi connectivity index (χ4n) is 4.35. The van der Waals surface area contributed by atoms with Gasteiger partial charge in [0.2, 0.25) is 0 Å². The smallest absolute Gasteiger partial charge is 0.537 e. The summed E-state index contributed by atoms with van der Waals surface area (Å²) in [6, 6.07) is 31.3. The maximum Gasteiger partial charge on any atom is 0.569 e. The van der Waals surface area contributed by atoms with Crippen LogP contribution in [0, 0.1) is 0 Å². The van der Waals surface area contributed by atoms with Crippen LogP contribution in [0.1, 0.15) is 0 Å². The van der Waals surface area contributed by atoms with Crippen LogP contribution in [0.25, 0.3) is 43.8 Å². The van der Waals surface area contributed by atoms with Crippen molar-refractivity contribution in [3.8, 4) is 28.0 Å². The molecular formula is C26H19B2O4. The Morgan fingerprint density at radius 2 is 1.12 bits per heavy atom. The topological polar surface area (TPSA) is 69.9 Å². The van der Waals surface area contributed by atoms with Crippen molar-refractivity contribution >= 4 is 41.8 Å². The van der Waals surface area contributed by atoms with E-state index in [-0.39, 0.29) is 0 Å². The molecule has 6 heteroatoms. The van der Waals surface area contributed by atoms with Gasteiger partial charge < -0.3 is 19.7 Å². The average molecular weight is 417 g/mol. The minimum absolute atomic E-state index is 0.433. The molecule has 0 bridgehead atoms. The van der Waals surface area contributed by atoms with E-state index in [1.165, 1.54) is 0 Å². The Labute approximate surface area is 186 Å².